The number of pyridine rings is 1. The Balaban J connectivity index is 1.69. The van der Waals surface area contributed by atoms with E-state index in [0.29, 0.717) is 16.7 Å². The van der Waals surface area contributed by atoms with Gasteiger partial charge in [-0.1, -0.05) is 42.5 Å². The molecule has 6 rings (SSSR count). The van der Waals surface area contributed by atoms with Crippen molar-refractivity contribution in [2.75, 3.05) is 5.32 Å². The molecule has 0 radical (unpaired) electrons. The molecule has 0 fully saturated rings. The molecule has 4 aromatic rings. The largest absolute Gasteiger partial charge is 0.354 e. The van der Waals surface area contributed by atoms with E-state index in [9.17, 15) is 14.9 Å². The zero-order valence-corrected chi connectivity index (χ0v) is 16.2. The second-order valence-corrected chi connectivity index (χ2v) is 7.67. The van der Waals surface area contributed by atoms with Crippen LogP contribution in [0.15, 0.2) is 84.6 Å². The number of non-ortho nitro benzene ring substituents is 1. The third-order valence-corrected chi connectivity index (χ3v) is 6.03. The van der Waals surface area contributed by atoms with Gasteiger partial charge in [0.25, 0.3) is 5.69 Å². The number of anilines is 1. The van der Waals surface area contributed by atoms with E-state index in [-0.39, 0.29) is 11.5 Å². The van der Waals surface area contributed by atoms with Crippen LogP contribution >= 0.6 is 0 Å². The van der Waals surface area contributed by atoms with E-state index >= 15 is 0 Å². The molecule has 6 nitrogen and oxygen atoms in total. The first-order valence-corrected chi connectivity index (χ1v) is 9.91. The van der Waals surface area contributed by atoms with E-state index < -0.39 is 10.8 Å². The first-order valence-electron chi connectivity index (χ1n) is 9.91. The fourth-order valence-electron chi connectivity index (χ4n) is 4.74. The van der Waals surface area contributed by atoms with Crippen LogP contribution in [0.5, 0.6) is 0 Å². The molecule has 31 heavy (non-hydrogen) atoms. The SMILES string of the molecule is O=C1C2=C(Nc3ccc4ncccc4c3C2c2cccc([N+](=O)[O-])c2)c2ccccc21. The second-order valence-electron chi connectivity index (χ2n) is 7.67. The van der Waals surface area contributed by atoms with Crippen molar-refractivity contribution in [3.8, 4) is 0 Å². The van der Waals surface area contributed by atoms with Gasteiger partial charge in [-0.15, -0.1) is 0 Å². The summed E-state index contributed by atoms with van der Waals surface area (Å²) in [5.41, 5.74) is 6.19. The molecule has 2 heterocycles. The van der Waals surface area contributed by atoms with Crippen molar-refractivity contribution in [1.29, 1.82) is 0 Å². The average Bonchev–Trinajstić information content (AvgIpc) is 3.09. The Kier molecular flexibility index (Phi) is 3.58. The van der Waals surface area contributed by atoms with Gasteiger partial charge in [0, 0.05) is 52.0 Å². The summed E-state index contributed by atoms with van der Waals surface area (Å²) >= 11 is 0. The molecule has 0 saturated carbocycles. The minimum absolute atomic E-state index is 0.000976. The normalized spacial score (nSPS) is 16.5. The number of carbonyl (C=O) groups is 1. The minimum atomic E-state index is -0.445. The number of nitrogens with one attached hydrogen (secondary N) is 1. The number of allylic oxidation sites excluding steroid dienone is 1. The van der Waals surface area contributed by atoms with E-state index in [1.54, 1.807) is 18.3 Å². The first-order chi connectivity index (χ1) is 15.1. The molecule has 6 heteroatoms. The topological polar surface area (TPSA) is 85.1 Å². The highest BCUT2D eigenvalue weighted by Gasteiger charge is 2.41. The summed E-state index contributed by atoms with van der Waals surface area (Å²) in [5, 5.41) is 15.9. The molecule has 1 aliphatic carbocycles. The number of nitrogens with zero attached hydrogens (tertiary/aromatic N) is 2. The number of fused-ring (bicyclic) bond motifs is 5. The molecule has 0 spiro atoms. The Morgan fingerprint density at radius 3 is 2.61 bits per heavy atom. The van der Waals surface area contributed by atoms with Gasteiger partial charge in [-0.25, -0.2) is 0 Å². The minimum Gasteiger partial charge on any atom is -0.354 e. The highest BCUT2D eigenvalue weighted by atomic mass is 16.6. The maximum atomic E-state index is 13.5. The van der Waals surface area contributed by atoms with Crippen molar-refractivity contribution in [1.82, 2.24) is 4.98 Å². The van der Waals surface area contributed by atoms with Crippen molar-refractivity contribution < 1.29 is 9.72 Å². The molecule has 1 aromatic heterocycles. The van der Waals surface area contributed by atoms with E-state index in [1.165, 1.54) is 6.07 Å². The van der Waals surface area contributed by atoms with E-state index in [4.69, 9.17) is 0 Å². The molecule has 1 unspecified atom stereocenters. The Bertz CT molecular complexity index is 1470. The van der Waals surface area contributed by atoms with Gasteiger partial charge in [-0.05, 0) is 29.3 Å². The van der Waals surface area contributed by atoms with Gasteiger partial charge in [0.1, 0.15) is 0 Å². The Morgan fingerprint density at radius 1 is 0.935 bits per heavy atom. The number of nitro groups is 1. The van der Waals surface area contributed by atoms with Crippen LogP contribution in [0.25, 0.3) is 16.6 Å². The Morgan fingerprint density at radius 2 is 1.77 bits per heavy atom. The lowest BCUT2D eigenvalue weighted by Gasteiger charge is -2.30. The lowest BCUT2D eigenvalue weighted by Crippen LogP contribution is -2.19. The zero-order chi connectivity index (χ0) is 21.1. The number of benzene rings is 3. The van der Waals surface area contributed by atoms with Gasteiger partial charge in [-0.3, -0.25) is 19.9 Å². The molecule has 0 saturated heterocycles. The fraction of sp³-hybridized carbons (Fsp3) is 0.0400. The third kappa shape index (κ3) is 2.45. The Hall–Kier alpha value is -4.32. The average molecular weight is 405 g/mol. The van der Waals surface area contributed by atoms with E-state index in [2.05, 4.69) is 10.3 Å². The molecule has 0 bridgehead atoms. The van der Waals surface area contributed by atoms with Crippen molar-refractivity contribution in [3.63, 3.8) is 0 Å². The summed E-state index contributed by atoms with van der Waals surface area (Å²) in [6, 6.07) is 21.8. The predicted octanol–water partition coefficient (Wildman–Crippen LogP) is 5.31. The zero-order valence-electron chi connectivity index (χ0n) is 16.2. The van der Waals surface area contributed by atoms with Crippen molar-refractivity contribution in [3.05, 3.63) is 117 Å². The second kappa shape index (κ2) is 6.34. The van der Waals surface area contributed by atoms with Crippen LogP contribution in [0.1, 0.15) is 33.0 Å². The number of nitro benzene ring substituents is 1. The summed E-state index contributed by atoms with van der Waals surface area (Å²) in [7, 11) is 0. The molecule has 148 valence electrons. The monoisotopic (exact) mass is 405 g/mol. The first kappa shape index (κ1) is 17.5. The molecule has 2 aliphatic rings. The highest BCUT2D eigenvalue weighted by Crippen LogP contribution is 2.51. The predicted molar refractivity (Wildman–Crippen MR) is 118 cm³/mol. The van der Waals surface area contributed by atoms with Crippen molar-refractivity contribution in [2.45, 2.75) is 5.92 Å². The summed E-state index contributed by atoms with van der Waals surface area (Å²) in [6.45, 7) is 0. The summed E-state index contributed by atoms with van der Waals surface area (Å²) in [6.07, 6.45) is 1.73. The number of hydrogen-bond donors (Lipinski definition) is 1. The van der Waals surface area contributed by atoms with Gasteiger partial charge >= 0.3 is 0 Å². The van der Waals surface area contributed by atoms with Crippen LogP contribution in [0.2, 0.25) is 0 Å². The number of aromatic nitrogens is 1. The number of hydrogen-bond acceptors (Lipinski definition) is 5. The lowest BCUT2D eigenvalue weighted by molar-refractivity contribution is -0.384. The Labute approximate surface area is 177 Å². The van der Waals surface area contributed by atoms with E-state index in [1.807, 2.05) is 54.6 Å². The molecule has 1 aliphatic heterocycles. The smallest absolute Gasteiger partial charge is 0.269 e. The van der Waals surface area contributed by atoms with Gasteiger partial charge in [-0.2, -0.15) is 0 Å². The molecular weight excluding hydrogens is 390 g/mol. The van der Waals surface area contributed by atoms with Crippen LogP contribution in [-0.2, 0) is 0 Å². The fourth-order valence-corrected chi connectivity index (χ4v) is 4.74. The van der Waals surface area contributed by atoms with Crippen LogP contribution < -0.4 is 5.32 Å². The van der Waals surface area contributed by atoms with Crippen molar-refractivity contribution in [2.24, 2.45) is 0 Å². The number of ketones is 1. The maximum absolute atomic E-state index is 13.5. The summed E-state index contributed by atoms with van der Waals surface area (Å²) < 4.78 is 0. The number of carbonyl (C=O) groups excluding carboxylic acids is 1. The van der Waals surface area contributed by atoms with Crippen LogP contribution in [-0.4, -0.2) is 15.7 Å². The number of rotatable bonds is 2. The summed E-state index contributed by atoms with van der Waals surface area (Å²) in [5.74, 6) is -0.500. The molecule has 1 N–H and O–H groups in total. The van der Waals surface area contributed by atoms with Gasteiger partial charge in [0.2, 0.25) is 0 Å². The lowest BCUT2D eigenvalue weighted by atomic mass is 9.78. The van der Waals surface area contributed by atoms with Crippen LogP contribution in [0, 0.1) is 10.1 Å². The molecular formula is C25H15N3O3. The molecule has 1 atom stereocenters. The van der Waals surface area contributed by atoms with Crippen LogP contribution in [0.4, 0.5) is 11.4 Å². The molecule has 3 aromatic carbocycles. The summed E-state index contributed by atoms with van der Waals surface area (Å²) in [4.78, 5) is 29.1. The van der Waals surface area contributed by atoms with Crippen molar-refractivity contribution >= 4 is 33.8 Å². The standard InChI is InChI=1S/C25H15N3O3/c29-25-17-8-2-1-7-16(17)24-23(25)21(14-5-3-6-15(13-14)28(30)31)22-18-9-4-12-26-19(18)10-11-20(22)27-24/h1-13,21,27H. The van der Waals surface area contributed by atoms with Gasteiger partial charge < -0.3 is 5.32 Å². The third-order valence-electron chi connectivity index (χ3n) is 6.03. The highest BCUT2D eigenvalue weighted by molar-refractivity contribution is 6.24. The van der Waals surface area contributed by atoms with Crippen LogP contribution in [0.3, 0.4) is 0 Å². The number of Topliss-reactive ketones (excluding diaryl/α,β-unsaturated/α-hetero) is 1. The molecule has 0 amide bonds. The van der Waals surface area contributed by atoms with E-state index in [0.717, 1.165) is 33.4 Å². The quantitative estimate of drug-likeness (QED) is 0.361. The maximum Gasteiger partial charge on any atom is 0.269 e. The van der Waals surface area contributed by atoms with Gasteiger partial charge in [0.05, 0.1) is 16.1 Å². The van der Waals surface area contributed by atoms with Gasteiger partial charge in [0.15, 0.2) is 5.78 Å².